The van der Waals surface area contributed by atoms with Crippen LogP contribution in [0, 0.1) is 6.92 Å². The number of hydrogen-bond donors (Lipinski definition) is 0. The lowest BCUT2D eigenvalue weighted by Crippen LogP contribution is -2.10. The van der Waals surface area contributed by atoms with Crippen LogP contribution in [-0.4, -0.2) is 14.5 Å². The molecule has 0 aliphatic rings. The molecule has 3 rings (SSSR count). The van der Waals surface area contributed by atoms with Gasteiger partial charge < -0.3 is 4.57 Å². The van der Waals surface area contributed by atoms with Crippen LogP contribution < -0.4 is 0 Å². The van der Waals surface area contributed by atoms with Crippen molar-refractivity contribution in [2.75, 3.05) is 0 Å². The van der Waals surface area contributed by atoms with Crippen molar-refractivity contribution < 1.29 is 0 Å². The van der Waals surface area contributed by atoms with Gasteiger partial charge in [-0.05, 0) is 31.5 Å². The Hall–Kier alpha value is -1.39. The number of benzene rings is 1. The monoisotopic (exact) mass is 319 g/mol. The summed E-state index contributed by atoms with van der Waals surface area (Å²) in [5, 5.41) is 3.06. The van der Waals surface area contributed by atoms with Crippen LogP contribution in [-0.2, 0) is 6.54 Å². The third-order valence-electron chi connectivity index (χ3n) is 3.62. The van der Waals surface area contributed by atoms with Gasteiger partial charge in [0.05, 0.1) is 21.4 Å². The maximum Gasteiger partial charge on any atom is 0.127 e. The van der Waals surface area contributed by atoms with Crippen LogP contribution in [0.2, 0.25) is 0 Å². The second-order valence-corrected chi connectivity index (χ2v) is 7.04. The van der Waals surface area contributed by atoms with Crippen LogP contribution >= 0.6 is 22.9 Å². The first-order valence-electron chi connectivity index (χ1n) is 7.06. The molecule has 2 aromatic heterocycles. The van der Waals surface area contributed by atoms with E-state index >= 15 is 0 Å². The minimum absolute atomic E-state index is 0.110. The van der Waals surface area contributed by atoms with Crippen LogP contribution in [0.3, 0.4) is 0 Å². The van der Waals surface area contributed by atoms with Crippen molar-refractivity contribution in [3.8, 4) is 0 Å². The fraction of sp³-hybridized carbons (Fsp3) is 0.375. The Morgan fingerprint density at radius 3 is 2.81 bits per heavy atom. The molecule has 2 heterocycles. The molecular formula is C16H18ClN3S. The Labute approximate surface area is 133 Å². The first-order valence-corrected chi connectivity index (χ1v) is 8.38. The summed E-state index contributed by atoms with van der Waals surface area (Å²) in [6.07, 6.45) is 1.86. The van der Waals surface area contributed by atoms with E-state index in [0.29, 0.717) is 5.92 Å². The van der Waals surface area contributed by atoms with E-state index in [9.17, 15) is 0 Å². The van der Waals surface area contributed by atoms with Crippen LogP contribution in [0.5, 0.6) is 0 Å². The molecule has 2 unspecified atom stereocenters. The van der Waals surface area contributed by atoms with E-state index in [1.54, 1.807) is 11.3 Å². The first kappa shape index (κ1) is 14.5. The zero-order valence-corrected chi connectivity index (χ0v) is 13.9. The van der Waals surface area contributed by atoms with Gasteiger partial charge in [0, 0.05) is 24.0 Å². The molecule has 0 saturated heterocycles. The average molecular weight is 320 g/mol. The number of rotatable bonds is 4. The fourth-order valence-electron chi connectivity index (χ4n) is 2.58. The number of hydrogen-bond acceptors (Lipinski definition) is 3. The predicted molar refractivity (Wildman–Crippen MR) is 89.3 cm³/mol. The highest BCUT2D eigenvalue weighted by Crippen LogP contribution is 2.28. The second kappa shape index (κ2) is 5.78. The second-order valence-electron chi connectivity index (χ2n) is 5.46. The number of nitrogens with zero attached hydrogens (tertiary/aromatic N) is 3. The number of imidazole rings is 1. The molecule has 3 nitrogen and oxygen atoms in total. The van der Waals surface area contributed by atoms with E-state index in [4.69, 9.17) is 16.6 Å². The van der Waals surface area contributed by atoms with Gasteiger partial charge in [-0.2, -0.15) is 0 Å². The van der Waals surface area contributed by atoms with Gasteiger partial charge in [0.15, 0.2) is 0 Å². The van der Waals surface area contributed by atoms with Crippen molar-refractivity contribution in [2.45, 2.75) is 38.6 Å². The number of fused-ring (bicyclic) bond motifs is 1. The van der Waals surface area contributed by atoms with Crippen molar-refractivity contribution in [3.63, 3.8) is 0 Å². The van der Waals surface area contributed by atoms with Crippen molar-refractivity contribution >= 4 is 34.0 Å². The highest BCUT2D eigenvalue weighted by Gasteiger charge is 2.18. The summed E-state index contributed by atoms with van der Waals surface area (Å²) in [6.45, 7) is 7.10. The molecule has 1 aromatic carbocycles. The average Bonchev–Trinajstić information content (AvgIpc) is 3.06. The van der Waals surface area contributed by atoms with Crippen molar-refractivity contribution in [1.29, 1.82) is 0 Å². The fourth-order valence-corrected chi connectivity index (χ4v) is 3.44. The van der Waals surface area contributed by atoms with Crippen molar-refractivity contribution in [2.24, 2.45) is 0 Å². The Kier molecular flexibility index (Phi) is 4.00. The number of alkyl halides is 1. The van der Waals surface area contributed by atoms with Gasteiger partial charge in [-0.25, -0.2) is 9.97 Å². The summed E-state index contributed by atoms with van der Waals surface area (Å²) in [4.78, 5) is 9.14. The van der Waals surface area contributed by atoms with E-state index in [0.717, 1.165) is 28.4 Å². The molecule has 3 aromatic rings. The lowest BCUT2D eigenvalue weighted by atomic mass is 10.2. The largest absolute Gasteiger partial charge is 0.326 e. The SMILES string of the molecule is Cc1ccc2c(c1)nc(C(C)Cl)n2CC(C)c1nccs1. The Morgan fingerprint density at radius 2 is 2.14 bits per heavy atom. The lowest BCUT2D eigenvalue weighted by molar-refractivity contribution is 0.583. The van der Waals surface area contributed by atoms with Gasteiger partial charge in [-0.15, -0.1) is 22.9 Å². The molecule has 0 amide bonds. The van der Waals surface area contributed by atoms with Crippen molar-refractivity contribution in [1.82, 2.24) is 14.5 Å². The van der Waals surface area contributed by atoms with E-state index < -0.39 is 0 Å². The molecule has 0 bridgehead atoms. The normalized spacial score (nSPS) is 14.5. The summed E-state index contributed by atoms with van der Waals surface area (Å²) >= 11 is 8.03. The molecule has 5 heteroatoms. The molecule has 0 fully saturated rings. The Morgan fingerprint density at radius 1 is 1.33 bits per heavy atom. The molecule has 0 N–H and O–H groups in total. The minimum Gasteiger partial charge on any atom is -0.326 e. The molecule has 0 spiro atoms. The third kappa shape index (κ3) is 2.83. The van der Waals surface area contributed by atoms with Gasteiger partial charge in [-0.3, -0.25) is 0 Å². The van der Waals surface area contributed by atoms with E-state index in [1.165, 1.54) is 5.56 Å². The van der Waals surface area contributed by atoms with Gasteiger partial charge in [0.2, 0.25) is 0 Å². The van der Waals surface area contributed by atoms with Crippen LogP contribution in [0.4, 0.5) is 0 Å². The molecule has 2 atom stereocenters. The third-order valence-corrected chi connectivity index (χ3v) is 4.82. The van der Waals surface area contributed by atoms with Crippen LogP contribution in [0.25, 0.3) is 11.0 Å². The smallest absolute Gasteiger partial charge is 0.127 e. The molecule has 0 aliphatic carbocycles. The van der Waals surface area contributed by atoms with Gasteiger partial charge in [0.1, 0.15) is 5.82 Å². The number of aryl methyl sites for hydroxylation is 1. The molecule has 0 aliphatic heterocycles. The standard InChI is InChI=1S/C16H18ClN3S/c1-10-4-5-14-13(8-10)19-15(12(3)17)20(14)9-11(2)16-18-6-7-21-16/h4-8,11-12H,9H2,1-3H3. The number of aromatic nitrogens is 3. The van der Waals surface area contributed by atoms with Gasteiger partial charge in [-0.1, -0.05) is 13.0 Å². The molecule has 110 valence electrons. The summed E-state index contributed by atoms with van der Waals surface area (Å²) < 4.78 is 2.23. The zero-order chi connectivity index (χ0) is 15.0. The van der Waals surface area contributed by atoms with E-state index in [-0.39, 0.29) is 5.38 Å². The molecule has 0 saturated carbocycles. The maximum atomic E-state index is 6.33. The number of halogens is 1. The van der Waals surface area contributed by atoms with Crippen LogP contribution in [0.15, 0.2) is 29.8 Å². The Bertz CT molecular complexity index is 746. The quantitative estimate of drug-likeness (QED) is 0.640. The Balaban J connectivity index is 2.05. The highest BCUT2D eigenvalue weighted by molar-refractivity contribution is 7.09. The maximum absolute atomic E-state index is 6.33. The zero-order valence-electron chi connectivity index (χ0n) is 12.4. The predicted octanol–water partition coefficient (Wildman–Crippen LogP) is 4.90. The van der Waals surface area contributed by atoms with Gasteiger partial charge >= 0.3 is 0 Å². The lowest BCUT2D eigenvalue weighted by Gasteiger charge is -2.14. The molecule has 21 heavy (non-hydrogen) atoms. The highest BCUT2D eigenvalue weighted by atomic mass is 35.5. The minimum atomic E-state index is -0.110. The number of thiazole rings is 1. The summed E-state index contributed by atoms with van der Waals surface area (Å²) in [6, 6.07) is 6.37. The van der Waals surface area contributed by atoms with E-state index in [2.05, 4.69) is 41.6 Å². The summed E-state index contributed by atoms with van der Waals surface area (Å²) in [5.74, 6) is 1.28. The topological polar surface area (TPSA) is 30.7 Å². The summed E-state index contributed by atoms with van der Waals surface area (Å²) in [7, 11) is 0. The van der Waals surface area contributed by atoms with Crippen LogP contribution in [0.1, 0.15) is 41.5 Å². The molecular weight excluding hydrogens is 302 g/mol. The summed E-state index contributed by atoms with van der Waals surface area (Å²) in [5.41, 5.74) is 3.38. The van der Waals surface area contributed by atoms with E-state index in [1.807, 2.05) is 18.5 Å². The molecule has 0 radical (unpaired) electrons. The van der Waals surface area contributed by atoms with Crippen molar-refractivity contribution in [3.05, 3.63) is 46.2 Å². The first-order chi connectivity index (χ1) is 10.1. The van der Waals surface area contributed by atoms with Gasteiger partial charge in [0.25, 0.3) is 0 Å².